The molecule has 38 heavy (non-hydrogen) atoms. The summed E-state index contributed by atoms with van der Waals surface area (Å²) in [6.07, 6.45) is -3.44. The quantitative estimate of drug-likeness (QED) is 0.375. The molecule has 0 atom stereocenters. The molecule has 1 fully saturated rings. The Morgan fingerprint density at radius 3 is 2.50 bits per heavy atom. The summed E-state index contributed by atoms with van der Waals surface area (Å²) in [5, 5.41) is 4.35. The highest BCUT2D eigenvalue weighted by molar-refractivity contribution is 5.94. The molecule has 0 saturated carbocycles. The van der Waals surface area contributed by atoms with E-state index < -0.39 is 6.36 Å². The summed E-state index contributed by atoms with van der Waals surface area (Å²) in [4.78, 5) is 31.4. The highest BCUT2D eigenvalue weighted by Gasteiger charge is 2.31. The first-order valence-corrected chi connectivity index (χ1v) is 11.6. The third-order valence-electron chi connectivity index (χ3n) is 5.78. The number of rotatable bonds is 6. The molecular formula is C26H21F3N4O5. The maximum absolute atomic E-state index is 12.8. The summed E-state index contributed by atoms with van der Waals surface area (Å²) < 4.78 is 53.1. The SMILES string of the molecule is O=C(c1cccc(Cn2nc(-c3nc(-c4ccc(OC(F)(F)F)cc4)co3)ccc2=O)c1)N1CCOCC1. The van der Waals surface area contributed by atoms with Gasteiger partial charge in [-0.2, -0.15) is 5.10 Å². The van der Waals surface area contributed by atoms with E-state index in [0.29, 0.717) is 48.7 Å². The Balaban J connectivity index is 1.33. The van der Waals surface area contributed by atoms with Crippen LogP contribution in [-0.2, 0) is 11.3 Å². The van der Waals surface area contributed by atoms with Crippen LogP contribution >= 0.6 is 0 Å². The summed E-state index contributed by atoms with van der Waals surface area (Å²) in [5.74, 6) is -0.329. The Hall–Kier alpha value is -4.45. The number of alkyl halides is 3. The Labute approximate surface area is 214 Å². The Morgan fingerprint density at radius 1 is 1.00 bits per heavy atom. The maximum atomic E-state index is 12.8. The second-order valence-corrected chi connectivity index (χ2v) is 8.43. The molecule has 0 spiro atoms. The van der Waals surface area contributed by atoms with E-state index in [4.69, 9.17) is 9.15 Å². The number of hydrogen-bond acceptors (Lipinski definition) is 7. The molecule has 1 aliphatic rings. The van der Waals surface area contributed by atoms with Crippen molar-refractivity contribution in [2.24, 2.45) is 0 Å². The van der Waals surface area contributed by atoms with Gasteiger partial charge in [-0.05, 0) is 48.0 Å². The van der Waals surface area contributed by atoms with Crippen LogP contribution in [0.4, 0.5) is 13.2 Å². The fourth-order valence-electron chi connectivity index (χ4n) is 3.95. The lowest BCUT2D eigenvalue weighted by Gasteiger charge is -2.27. The van der Waals surface area contributed by atoms with Crippen molar-refractivity contribution < 1.29 is 31.9 Å². The highest BCUT2D eigenvalue weighted by atomic mass is 19.4. The lowest BCUT2D eigenvalue weighted by molar-refractivity contribution is -0.274. The number of aromatic nitrogens is 3. The van der Waals surface area contributed by atoms with Crippen LogP contribution in [0.1, 0.15) is 15.9 Å². The van der Waals surface area contributed by atoms with Gasteiger partial charge in [-0.3, -0.25) is 9.59 Å². The number of carbonyl (C=O) groups is 1. The molecule has 196 valence electrons. The molecule has 0 bridgehead atoms. The zero-order valence-corrected chi connectivity index (χ0v) is 19.9. The van der Waals surface area contributed by atoms with Crippen LogP contribution in [0.5, 0.6) is 5.75 Å². The van der Waals surface area contributed by atoms with E-state index in [-0.39, 0.29) is 35.3 Å². The zero-order chi connectivity index (χ0) is 26.7. The number of oxazole rings is 1. The van der Waals surface area contributed by atoms with Gasteiger partial charge in [-0.15, -0.1) is 13.2 Å². The van der Waals surface area contributed by atoms with Crippen molar-refractivity contribution in [3.05, 3.63) is 88.4 Å². The van der Waals surface area contributed by atoms with Crippen molar-refractivity contribution in [1.82, 2.24) is 19.7 Å². The fraction of sp³-hybridized carbons (Fsp3) is 0.231. The average molecular weight is 526 g/mol. The number of benzene rings is 2. The van der Waals surface area contributed by atoms with E-state index in [2.05, 4.69) is 14.8 Å². The van der Waals surface area contributed by atoms with Gasteiger partial charge in [0.2, 0.25) is 5.89 Å². The Morgan fingerprint density at radius 2 is 1.76 bits per heavy atom. The smallest absolute Gasteiger partial charge is 0.443 e. The van der Waals surface area contributed by atoms with Gasteiger partial charge in [0.05, 0.1) is 19.8 Å². The Kier molecular flexibility index (Phi) is 6.97. The van der Waals surface area contributed by atoms with Crippen LogP contribution in [0, 0.1) is 0 Å². The van der Waals surface area contributed by atoms with Gasteiger partial charge in [0.15, 0.2) is 0 Å². The third kappa shape index (κ3) is 5.92. The molecule has 1 amide bonds. The fourth-order valence-corrected chi connectivity index (χ4v) is 3.95. The number of ether oxygens (including phenoxy) is 2. The molecule has 1 saturated heterocycles. The number of carbonyl (C=O) groups excluding carboxylic acids is 1. The molecule has 2 aromatic carbocycles. The van der Waals surface area contributed by atoms with Gasteiger partial charge in [0.1, 0.15) is 23.4 Å². The van der Waals surface area contributed by atoms with Crippen molar-refractivity contribution in [2.75, 3.05) is 26.3 Å². The van der Waals surface area contributed by atoms with Crippen LogP contribution in [0.15, 0.2) is 76.1 Å². The molecule has 0 unspecified atom stereocenters. The highest BCUT2D eigenvalue weighted by Crippen LogP contribution is 2.27. The van der Waals surface area contributed by atoms with Crippen LogP contribution in [-0.4, -0.2) is 58.2 Å². The number of halogens is 3. The number of morpholine rings is 1. The van der Waals surface area contributed by atoms with Crippen LogP contribution in [0.2, 0.25) is 0 Å². The molecule has 4 aromatic rings. The summed E-state index contributed by atoms with van der Waals surface area (Å²) in [5.41, 5.74) is 2.03. The van der Waals surface area contributed by atoms with Crippen molar-refractivity contribution in [2.45, 2.75) is 12.9 Å². The first-order chi connectivity index (χ1) is 18.2. The van der Waals surface area contributed by atoms with Gasteiger partial charge in [-0.25, -0.2) is 9.67 Å². The zero-order valence-electron chi connectivity index (χ0n) is 19.9. The molecule has 1 aliphatic heterocycles. The van der Waals surface area contributed by atoms with Gasteiger partial charge in [0.25, 0.3) is 11.5 Å². The first-order valence-electron chi connectivity index (χ1n) is 11.6. The molecule has 9 nitrogen and oxygen atoms in total. The molecule has 12 heteroatoms. The van der Waals surface area contributed by atoms with Crippen molar-refractivity contribution in [1.29, 1.82) is 0 Å². The number of hydrogen-bond donors (Lipinski definition) is 0. The van der Waals surface area contributed by atoms with Crippen LogP contribution in [0.3, 0.4) is 0 Å². The molecule has 0 aliphatic carbocycles. The molecular weight excluding hydrogens is 505 g/mol. The largest absolute Gasteiger partial charge is 0.573 e. The van der Waals surface area contributed by atoms with Crippen LogP contribution < -0.4 is 10.3 Å². The van der Waals surface area contributed by atoms with E-state index in [9.17, 15) is 22.8 Å². The average Bonchev–Trinajstić information content (AvgIpc) is 3.40. The maximum Gasteiger partial charge on any atom is 0.573 e. The topological polar surface area (TPSA) is 99.7 Å². The predicted molar refractivity (Wildman–Crippen MR) is 128 cm³/mol. The molecule has 2 aromatic heterocycles. The lowest BCUT2D eigenvalue weighted by Crippen LogP contribution is -2.40. The van der Waals surface area contributed by atoms with Crippen molar-refractivity contribution in [3.63, 3.8) is 0 Å². The normalized spacial score (nSPS) is 13.9. The summed E-state index contributed by atoms with van der Waals surface area (Å²) in [6.45, 7) is 2.16. The Bertz CT molecular complexity index is 1490. The van der Waals surface area contributed by atoms with Crippen molar-refractivity contribution >= 4 is 5.91 Å². The van der Waals surface area contributed by atoms with Gasteiger partial charge in [0, 0.05) is 30.3 Å². The van der Waals surface area contributed by atoms with Gasteiger partial charge in [-0.1, -0.05) is 12.1 Å². The predicted octanol–water partition coefficient (Wildman–Crippen LogP) is 3.98. The van der Waals surface area contributed by atoms with E-state index in [1.807, 2.05) is 0 Å². The van der Waals surface area contributed by atoms with Gasteiger partial charge < -0.3 is 18.8 Å². The second-order valence-electron chi connectivity index (χ2n) is 8.43. The summed E-state index contributed by atoms with van der Waals surface area (Å²) in [6, 6.07) is 15.0. The van der Waals surface area contributed by atoms with Gasteiger partial charge >= 0.3 is 6.36 Å². The van der Waals surface area contributed by atoms with E-state index >= 15 is 0 Å². The summed E-state index contributed by atoms with van der Waals surface area (Å²) >= 11 is 0. The molecule has 0 radical (unpaired) electrons. The monoisotopic (exact) mass is 526 g/mol. The molecule has 5 rings (SSSR count). The minimum Gasteiger partial charge on any atom is -0.443 e. The van der Waals surface area contributed by atoms with Crippen molar-refractivity contribution in [3.8, 4) is 28.6 Å². The minimum atomic E-state index is -4.78. The number of nitrogens with zero attached hydrogens (tertiary/aromatic N) is 4. The first kappa shape index (κ1) is 25.2. The molecule has 0 N–H and O–H groups in total. The summed E-state index contributed by atoms with van der Waals surface area (Å²) in [7, 11) is 0. The number of amides is 1. The minimum absolute atomic E-state index is 0.102. The van der Waals surface area contributed by atoms with E-state index in [1.165, 1.54) is 47.3 Å². The third-order valence-corrected chi connectivity index (χ3v) is 5.78. The van der Waals surface area contributed by atoms with Crippen LogP contribution in [0.25, 0.3) is 22.8 Å². The van der Waals surface area contributed by atoms with E-state index in [0.717, 1.165) is 0 Å². The molecule has 3 heterocycles. The standard InChI is InChI=1S/C26H21F3N4O5/c27-26(28,29)38-20-6-4-18(5-7-20)22-16-37-24(30-22)21-8-9-23(34)33(31-21)15-17-2-1-3-19(14-17)25(35)32-10-12-36-13-11-32/h1-9,14,16H,10-13,15H2. The second kappa shape index (κ2) is 10.5. The lowest BCUT2D eigenvalue weighted by atomic mass is 10.1. The van der Waals surface area contributed by atoms with E-state index in [1.54, 1.807) is 29.2 Å².